The van der Waals surface area contributed by atoms with Crippen molar-refractivity contribution in [1.29, 1.82) is 0 Å². The first-order valence-corrected chi connectivity index (χ1v) is 3.06. The van der Waals surface area contributed by atoms with Gasteiger partial charge in [-0.1, -0.05) is 11.2 Å². The van der Waals surface area contributed by atoms with Crippen LogP contribution >= 0.6 is 0 Å². The summed E-state index contributed by atoms with van der Waals surface area (Å²) in [4.78, 5) is 4.87. The van der Waals surface area contributed by atoms with Crippen molar-refractivity contribution < 1.29 is 4.84 Å². The summed E-state index contributed by atoms with van der Waals surface area (Å²) in [6.07, 6.45) is 4.40. The van der Waals surface area contributed by atoms with Crippen LogP contribution in [0.4, 0.5) is 0 Å². The summed E-state index contributed by atoms with van der Waals surface area (Å²) in [6, 6.07) is 0. The average molecular weight is 127 g/mol. The highest BCUT2D eigenvalue weighted by Gasteiger charge is 1.85. The molecule has 0 fully saturated rings. The standard InChI is InChI=1S/C7H13NO/c1-4-5-6-8-9-7(2)3/h4,6-7H,1,5H2,2-3H3. The molecule has 2 heteroatoms. The summed E-state index contributed by atoms with van der Waals surface area (Å²) in [5.41, 5.74) is 0. The average Bonchev–Trinajstić information content (AvgIpc) is 1.80. The number of nitrogens with zero attached hydrogens (tertiary/aromatic N) is 1. The van der Waals surface area contributed by atoms with Crippen LogP contribution in [0.5, 0.6) is 0 Å². The van der Waals surface area contributed by atoms with Gasteiger partial charge in [0.2, 0.25) is 0 Å². The van der Waals surface area contributed by atoms with E-state index in [0.29, 0.717) is 0 Å². The molecule has 0 saturated heterocycles. The molecule has 0 atom stereocenters. The van der Waals surface area contributed by atoms with E-state index in [1.54, 1.807) is 12.3 Å². The van der Waals surface area contributed by atoms with Gasteiger partial charge in [0.1, 0.15) is 6.10 Å². The van der Waals surface area contributed by atoms with Crippen LogP contribution in [-0.4, -0.2) is 12.3 Å². The first-order valence-electron chi connectivity index (χ1n) is 3.06. The Morgan fingerprint density at radius 2 is 2.33 bits per heavy atom. The van der Waals surface area contributed by atoms with Gasteiger partial charge in [0.05, 0.1) is 0 Å². The van der Waals surface area contributed by atoms with Crippen molar-refractivity contribution in [3.63, 3.8) is 0 Å². The van der Waals surface area contributed by atoms with E-state index >= 15 is 0 Å². The lowest BCUT2D eigenvalue weighted by Crippen LogP contribution is -1.95. The molecule has 9 heavy (non-hydrogen) atoms. The van der Waals surface area contributed by atoms with Crippen molar-refractivity contribution in [1.82, 2.24) is 0 Å². The topological polar surface area (TPSA) is 21.6 Å². The fourth-order valence-corrected chi connectivity index (χ4v) is 0.282. The zero-order valence-electron chi connectivity index (χ0n) is 6.00. The summed E-state index contributed by atoms with van der Waals surface area (Å²) >= 11 is 0. The number of rotatable bonds is 4. The lowest BCUT2D eigenvalue weighted by molar-refractivity contribution is 0.0869. The van der Waals surface area contributed by atoms with Crippen molar-refractivity contribution in [3.8, 4) is 0 Å². The molecule has 0 aromatic carbocycles. The van der Waals surface area contributed by atoms with Crippen molar-refractivity contribution in [3.05, 3.63) is 12.7 Å². The van der Waals surface area contributed by atoms with Gasteiger partial charge in [-0.05, 0) is 13.8 Å². The molecule has 0 aliphatic carbocycles. The van der Waals surface area contributed by atoms with Crippen molar-refractivity contribution in [2.75, 3.05) is 0 Å². The van der Waals surface area contributed by atoms with Gasteiger partial charge in [0.25, 0.3) is 0 Å². The number of oxime groups is 1. The molecule has 0 aliphatic rings. The molecule has 0 saturated carbocycles. The molecule has 2 nitrogen and oxygen atoms in total. The van der Waals surface area contributed by atoms with E-state index in [2.05, 4.69) is 11.7 Å². The zero-order chi connectivity index (χ0) is 7.11. The normalized spacial score (nSPS) is 10.6. The quantitative estimate of drug-likeness (QED) is 0.321. The van der Waals surface area contributed by atoms with Crippen LogP contribution in [0.1, 0.15) is 20.3 Å². The Morgan fingerprint density at radius 1 is 1.67 bits per heavy atom. The van der Waals surface area contributed by atoms with Gasteiger partial charge >= 0.3 is 0 Å². The van der Waals surface area contributed by atoms with Gasteiger partial charge in [-0.3, -0.25) is 0 Å². The smallest absolute Gasteiger partial charge is 0.121 e. The fourth-order valence-electron chi connectivity index (χ4n) is 0.282. The fraction of sp³-hybridized carbons (Fsp3) is 0.571. The summed E-state index contributed by atoms with van der Waals surface area (Å²) in [5.74, 6) is 0. The molecule has 0 heterocycles. The Morgan fingerprint density at radius 3 is 2.78 bits per heavy atom. The first kappa shape index (κ1) is 8.21. The van der Waals surface area contributed by atoms with Crippen molar-refractivity contribution >= 4 is 6.21 Å². The third-order valence-corrected chi connectivity index (χ3v) is 0.618. The van der Waals surface area contributed by atoms with Crippen molar-refractivity contribution in [2.24, 2.45) is 5.16 Å². The monoisotopic (exact) mass is 127 g/mol. The summed E-state index contributed by atoms with van der Waals surface area (Å²) < 4.78 is 0. The Bertz CT molecular complexity index is 97.1. The van der Waals surface area contributed by atoms with Gasteiger partial charge in [-0.2, -0.15) is 0 Å². The molecule has 0 aromatic heterocycles. The lowest BCUT2D eigenvalue weighted by atomic mass is 10.5. The molecule has 0 radical (unpaired) electrons. The minimum Gasteiger partial charge on any atom is -0.393 e. The molecule has 0 rings (SSSR count). The third kappa shape index (κ3) is 7.21. The Labute approximate surface area is 56.2 Å². The van der Waals surface area contributed by atoms with Crippen LogP contribution in [-0.2, 0) is 4.84 Å². The van der Waals surface area contributed by atoms with E-state index < -0.39 is 0 Å². The number of hydrogen-bond donors (Lipinski definition) is 0. The van der Waals surface area contributed by atoms with Crippen LogP contribution < -0.4 is 0 Å². The minimum atomic E-state index is 0.172. The van der Waals surface area contributed by atoms with Gasteiger partial charge in [0.15, 0.2) is 0 Å². The van der Waals surface area contributed by atoms with E-state index in [1.165, 1.54) is 0 Å². The van der Waals surface area contributed by atoms with Crippen LogP contribution in [0.2, 0.25) is 0 Å². The Balaban J connectivity index is 3.14. The predicted molar refractivity (Wildman–Crippen MR) is 39.5 cm³/mol. The van der Waals surface area contributed by atoms with E-state index in [0.717, 1.165) is 6.42 Å². The van der Waals surface area contributed by atoms with Crippen molar-refractivity contribution in [2.45, 2.75) is 26.4 Å². The molecule has 0 aromatic rings. The highest BCUT2D eigenvalue weighted by molar-refractivity contribution is 5.58. The molecule has 0 unspecified atom stereocenters. The first-order chi connectivity index (χ1) is 4.27. The second-order valence-electron chi connectivity index (χ2n) is 1.97. The Kier molecular flexibility index (Phi) is 4.88. The molecule has 0 spiro atoms. The molecule has 52 valence electrons. The molecule has 0 N–H and O–H groups in total. The van der Waals surface area contributed by atoms with Crippen LogP contribution in [0.15, 0.2) is 17.8 Å². The summed E-state index contributed by atoms with van der Waals surface area (Å²) in [5, 5.41) is 3.66. The van der Waals surface area contributed by atoms with E-state index in [-0.39, 0.29) is 6.10 Å². The second-order valence-corrected chi connectivity index (χ2v) is 1.97. The van der Waals surface area contributed by atoms with E-state index in [4.69, 9.17) is 4.84 Å². The van der Waals surface area contributed by atoms with E-state index in [1.807, 2.05) is 13.8 Å². The minimum absolute atomic E-state index is 0.172. The zero-order valence-corrected chi connectivity index (χ0v) is 6.00. The third-order valence-electron chi connectivity index (χ3n) is 0.618. The molecule has 0 amide bonds. The Hall–Kier alpha value is -0.790. The summed E-state index contributed by atoms with van der Waals surface area (Å²) in [6.45, 7) is 7.40. The molecule has 0 aliphatic heterocycles. The SMILES string of the molecule is C=CCC=NOC(C)C. The molecular weight excluding hydrogens is 114 g/mol. The van der Waals surface area contributed by atoms with Crippen LogP contribution in [0, 0.1) is 0 Å². The summed E-state index contributed by atoms with van der Waals surface area (Å²) in [7, 11) is 0. The van der Waals surface area contributed by atoms with Gasteiger partial charge in [-0.15, -0.1) is 6.58 Å². The predicted octanol–water partition coefficient (Wildman–Crippen LogP) is 1.97. The second kappa shape index (κ2) is 5.35. The van der Waals surface area contributed by atoms with Gasteiger partial charge in [-0.25, -0.2) is 0 Å². The molecule has 0 bridgehead atoms. The maximum atomic E-state index is 4.87. The van der Waals surface area contributed by atoms with E-state index in [9.17, 15) is 0 Å². The highest BCUT2D eigenvalue weighted by atomic mass is 16.6. The number of hydrogen-bond acceptors (Lipinski definition) is 2. The highest BCUT2D eigenvalue weighted by Crippen LogP contribution is 1.86. The lowest BCUT2D eigenvalue weighted by Gasteiger charge is -1.98. The maximum Gasteiger partial charge on any atom is 0.121 e. The largest absolute Gasteiger partial charge is 0.393 e. The van der Waals surface area contributed by atoms with Gasteiger partial charge < -0.3 is 4.84 Å². The maximum absolute atomic E-state index is 4.87. The number of allylic oxidation sites excluding steroid dienone is 1. The van der Waals surface area contributed by atoms with Gasteiger partial charge in [0, 0.05) is 12.6 Å². The van der Waals surface area contributed by atoms with Crippen LogP contribution in [0.25, 0.3) is 0 Å². The van der Waals surface area contributed by atoms with Crippen LogP contribution in [0.3, 0.4) is 0 Å². The molecular formula is C7H13NO.